The van der Waals surface area contributed by atoms with E-state index in [4.69, 9.17) is 0 Å². The Morgan fingerprint density at radius 1 is 1.23 bits per heavy atom. The van der Waals surface area contributed by atoms with Crippen molar-refractivity contribution in [1.29, 1.82) is 0 Å². The number of phenols is 1. The SMILES string of the molecule is CCN(CCNS(C)(=O)=O)c1ccc(N=Cc2ccccc2O)c(C)c1. The summed E-state index contributed by atoms with van der Waals surface area (Å²) in [5.41, 5.74) is 3.51. The normalized spacial score (nSPS) is 11.8. The molecule has 0 heterocycles. The second kappa shape index (κ2) is 8.82. The van der Waals surface area contributed by atoms with Crippen molar-refractivity contribution >= 4 is 27.6 Å². The molecule has 7 heteroatoms. The van der Waals surface area contributed by atoms with Crippen LogP contribution in [0.4, 0.5) is 11.4 Å². The van der Waals surface area contributed by atoms with Crippen LogP contribution in [0, 0.1) is 6.92 Å². The molecule has 0 bridgehead atoms. The summed E-state index contributed by atoms with van der Waals surface area (Å²) in [5, 5.41) is 9.80. The summed E-state index contributed by atoms with van der Waals surface area (Å²) in [6.07, 6.45) is 2.80. The van der Waals surface area contributed by atoms with E-state index in [0.29, 0.717) is 18.7 Å². The summed E-state index contributed by atoms with van der Waals surface area (Å²) in [6, 6.07) is 13.0. The molecule has 0 aliphatic heterocycles. The van der Waals surface area contributed by atoms with Crippen LogP contribution in [0.5, 0.6) is 5.75 Å². The predicted octanol–water partition coefficient (Wildman–Crippen LogP) is 2.83. The van der Waals surface area contributed by atoms with Gasteiger partial charge in [0.05, 0.1) is 11.9 Å². The minimum atomic E-state index is -3.18. The molecular formula is C19H25N3O3S. The lowest BCUT2D eigenvalue weighted by atomic mass is 10.1. The highest BCUT2D eigenvalue weighted by atomic mass is 32.2. The number of likely N-dealkylation sites (N-methyl/N-ethyl adjacent to an activating group) is 1. The molecule has 6 nitrogen and oxygen atoms in total. The Morgan fingerprint density at radius 2 is 1.96 bits per heavy atom. The number of aromatic hydroxyl groups is 1. The Bertz CT molecular complexity index is 879. The van der Waals surface area contributed by atoms with Gasteiger partial charge in [-0.05, 0) is 49.7 Å². The molecule has 0 aromatic heterocycles. The zero-order valence-corrected chi connectivity index (χ0v) is 16.1. The van der Waals surface area contributed by atoms with E-state index in [2.05, 4.69) is 14.6 Å². The first-order valence-electron chi connectivity index (χ1n) is 8.42. The number of anilines is 1. The lowest BCUT2D eigenvalue weighted by Crippen LogP contribution is -2.34. The summed E-state index contributed by atoms with van der Waals surface area (Å²) in [4.78, 5) is 6.56. The lowest BCUT2D eigenvalue weighted by molar-refractivity contribution is 0.474. The van der Waals surface area contributed by atoms with Gasteiger partial charge in [0, 0.05) is 37.1 Å². The van der Waals surface area contributed by atoms with Gasteiger partial charge in [0.2, 0.25) is 10.0 Å². The van der Waals surface area contributed by atoms with Gasteiger partial charge in [0.1, 0.15) is 5.75 Å². The number of aryl methyl sites for hydroxylation is 1. The van der Waals surface area contributed by atoms with Crippen molar-refractivity contribution < 1.29 is 13.5 Å². The van der Waals surface area contributed by atoms with E-state index in [-0.39, 0.29) is 5.75 Å². The summed E-state index contributed by atoms with van der Waals surface area (Å²) in [6.45, 7) is 5.72. The molecule has 0 spiro atoms. The number of para-hydroxylation sites is 1. The highest BCUT2D eigenvalue weighted by Gasteiger charge is 2.08. The van der Waals surface area contributed by atoms with Gasteiger partial charge < -0.3 is 10.0 Å². The third kappa shape index (κ3) is 5.86. The minimum Gasteiger partial charge on any atom is -0.507 e. The fourth-order valence-corrected chi connectivity index (χ4v) is 3.01. The van der Waals surface area contributed by atoms with Gasteiger partial charge in [-0.25, -0.2) is 13.1 Å². The van der Waals surface area contributed by atoms with Gasteiger partial charge >= 0.3 is 0 Å². The molecule has 0 saturated carbocycles. The first-order valence-corrected chi connectivity index (χ1v) is 10.3. The molecule has 0 fully saturated rings. The van der Waals surface area contributed by atoms with E-state index in [9.17, 15) is 13.5 Å². The van der Waals surface area contributed by atoms with E-state index in [1.54, 1.807) is 24.4 Å². The van der Waals surface area contributed by atoms with Crippen molar-refractivity contribution in [2.45, 2.75) is 13.8 Å². The average Bonchev–Trinajstić information content (AvgIpc) is 2.58. The predicted molar refractivity (Wildman–Crippen MR) is 107 cm³/mol. The molecule has 0 amide bonds. The molecule has 0 saturated heterocycles. The lowest BCUT2D eigenvalue weighted by Gasteiger charge is -2.23. The van der Waals surface area contributed by atoms with Gasteiger partial charge in [-0.3, -0.25) is 4.99 Å². The number of hydrogen-bond donors (Lipinski definition) is 2. The molecule has 0 atom stereocenters. The van der Waals surface area contributed by atoms with Crippen molar-refractivity contribution in [3.63, 3.8) is 0 Å². The Labute approximate surface area is 155 Å². The Morgan fingerprint density at radius 3 is 2.58 bits per heavy atom. The molecule has 2 aromatic carbocycles. The Kier molecular flexibility index (Phi) is 6.76. The summed E-state index contributed by atoms with van der Waals surface area (Å²) < 4.78 is 24.9. The van der Waals surface area contributed by atoms with E-state index >= 15 is 0 Å². The molecule has 0 aliphatic carbocycles. The molecule has 2 rings (SSSR count). The third-order valence-corrected chi connectivity index (χ3v) is 4.68. The highest BCUT2D eigenvalue weighted by Crippen LogP contribution is 2.25. The largest absolute Gasteiger partial charge is 0.507 e. The third-order valence-electron chi connectivity index (χ3n) is 3.95. The Balaban J connectivity index is 2.11. The van der Waals surface area contributed by atoms with Crippen molar-refractivity contribution in [1.82, 2.24) is 4.72 Å². The topological polar surface area (TPSA) is 82.0 Å². The van der Waals surface area contributed by atoms with Crippen LogP contribution < -0.4 is 9.62 Å². The number of sulfonamides is 1. The molecule has 0 aliphatic rings. The summed E-state index contributed by atoms with van der Waals surface area (Å²) in [5.74, 6) is 0.195. The zero-order chi connectivity index (χ0) is 19.2. The number of nitrogens with one attached hydrogen (secondary N) is 1. The first-order chi connectivity index (χ1) is 12.3. The van der Waals surface area contributed by atoms with Crippen LogP contribution in [0.1, 0.15) is 18.1 Å². The number of benzene rings is 2. The standard InChI is InChI=1S/C19H25N3O3S/c1-4-22(12-11-21-26(3,24)25)17-9-10-18(15(2)13-17)20-14-16-7-5-6-8-19(16)23/h5-10,13-14,21,23H,4,11-12H2,1-3H3. The fraction of sp³-hybridized carbons (Fsp3) is 0.316. The first kappa shape index (κ1) is 19.9. The molecule has 0 unspecified atom stereocenters. The Hall–Kier alpha value is -2.38. The van der Waals surface area contributed by atoms with E-state index in [1.807, 2.05) is 38.1 Å². The maximum Gasteiger partial charge on any atom is 0.208 e. The van der Waals surface area contributed by atoms with Crippen LogP contribution in [-0.4, -0.2) is 45.6 Å². The van der Waals surface area contributed by atoms with Gasteiger partial charge in [0.15, 0.2) is 0 Å². The van der Waals surface area contributed by atoms with Crippen LogP contribution in [0.25, 0.3) is 0 Å². The van der Waals surface area contributed by atoms with Gasteiger partial charge in [-0.1, -0.05) is 12.1 Å². The van der Waals surface area contributed by atoms with Gasteiger partial charge in [0.25, 0.3) is 0 Å². The molecule has 2 N–H and O–H groups in total. The van der Waals surface area contributed by atoms with Crippen molar-refractivity contribution in [3.8, 4) is 5.75 Å². The summed E-state index contributed by atoms with van der Waals surface area (Å²) >= 11 is 0. The van der Waals surface area contributed by atoms with Gasteiger partial charge in [-0.15, -0.1) is 0 Å². The van der Waals surface area contributed by atoms with Crippen LogP contribution in [0.2, 0.25) is 0 Å². The van der Waals surface area contributed by atoms with Crippen LogP contribution in [0.3, 0.4) is 0 Å². The minimum absolute atomic E-state index is 0.195. The maximum atomic E-state index is 11.2. The zero-order valence-electron chi connectivity index (χ0n) is 15.3. The second-order valence-corrected chi connectivity index (χ2v) is 7.87. The molecule has 0 radical (unpaired) electrons. The van der Waals surface area contributed by atoms with Crippen molar-refractivity contribution in [2.24, 2.45) is 4.99 Å². The molecule has 140 valence electrons. The second-order valence-electron chi connectivity index (χ2n) is 6.03. The average molecular weight is 375 g/mol. The van der Waals surface area contributed by atoms with Gasteiger partial charge in [-0.2, -0.15) is 0 Å². The van der Waals surface area contributed by atoms with E-state index < -0.39 is 10.0 Å². The van der Waals surface area contributed by atoms with Crippen LogP contribution >= 0.6 is 0 Å². The number of nitrogens with zero attached hydrogens (tertiary/aromatic N) is 2. The highest BCUT2D eigenvalue weighted by molar-refractivity contribution is 7.88. The molecule has 2 aromatic rings. The number of hydrogen-bond acceptors (Lipinski definition) is 5. The van der Waals surface area contributed by atoms with Crippen molar-refractivity contribution in [3.05, 3.63) is 53.6 Å². The molecule has 26 heavy (non-hydrogen) atoms. The smallest absolute Gasteiger partial charge is 0.208 e. The van der Waals surface area contributed by atoms with Crippen LogP contribution in [-0.2, 0) is 10.0 Å². The fourth-order valence-electron chi connectivity index (χ4n) is 2.55. The number of phenolic OH excluding ortho intramolecular Hbond substituents is 1. The van der Waals surface area contributed by atoms with E-state index in [1.165, 1.54) is 0 Å². The molecular weight excluding hydrogens is 350 g/mol. The number of rotatable bonds is 8. The summed E-state index contributed by atoms with van der Waals surface area (Å²) in [7, 11) is -3.18. The van der Waals surface area contributed by atoms with E-state index in [0.717, 1.165) is 29.7 Å². The quantitative estimate of drug-likeness (QED) is 0.695. The number of aliphatic imine (C=N–C) groups is 1. The maximum absolute atomic E-state index is 11.2. The van der Waals surface area contributed by atoms with Crippen LogP contribution in [0.15, 0.2) is 47.5 Å². The van der Waals surface area contributed by atoms with Crippen molar-refractivity contribution in [2.75, 3.05) is 30.8 Å². The monoisotopic (exact) mass is 375 g/mol.